The van der Waals surface area contributed by atoms with Crippen molar-refractivity contribution in [3.63, 3.8) is 0 Å². The highest BCUT2D eigenvalue weighted by Gasteiger charge is 2.12. The van der Waals surface area contributed by atoms with Gasteiger partial charge in [-0.05, 0) is 18.8 Å². The highest BCUT2D eigenvalue weighted by Crippen LogP contribution is 2.21. The van der Waals surface area contributed by atoms with Gasteiger partial charge < -0.3 is 0 Å². The Hall–Kier alpha value is -0.440. The van der Waals surface area contributed by atoms with E-state index in [4.69, 9.17) is 0 Å². The van der Waals surface area contributed by atoms with Crippen LogP contribution in [0.3, 0.4) is 0 Å². The smallest absolute Gasteiger partial charge is 0.0205 e. The maximum absolute atomic E-state index is 3.30. The Morgan fingerprint density at radius 3 is 2.90 bits per heavy atom. The Bertz CT molecular complexity index is 147. The summed E-state index contributed by atoms with van der Waals surface area (Å²) in [7, 11) is 0. The van der Waals surface area contributed by atoms with Gasteiger partial charge in [0.25, 0.3) is 0 Å². The summed E-state index contributed by atoms with van der Waals surface area (Å²) in [5, 5.41) is 0. The molecule has 0 spiro atoms. The predicted molar refractivity (Wildman–Crippen MR) is 44.6 cm³/mol. The van der Waals surface area contributed by atoms with E-state index in [0.29, 0.717) is 5.92 Å². The fraction of sp³-hybridized carbons (Fsp3) is 0.800. The minimum atomic E-state index is 0.716. The maximum atomic E-state index is 3.30. The second kappa shape index (κ2) is 3.66. The van der Waals surface area contributed by atoms with Gasteiger partial charge in [-0.25, -0.2) is 0 Å². The largest absolute Gasteiger partial charge is 0.103 e. The molecular formula is C10H16. The van der Waals surface area contributed by atoms with E-state index in [1.54, 1.807) is 0 Å². The van der Waals surface area contributed by atoms with Crippen LogP contribution in [-0.4, -0.2) is 0 Å². The molecule has 1 aliphatic carbocycles. The zero-order chi connectivity index (χ0) is 7.40. The lowest BCUT2D eigenvalue weighted by Crippen LogP contribution is -2.08. The zero-order valence-electron chi connectivity index (χ0n) is 6.98. The monoisotopic (exact) mass is 136 g/mol. The molecule has 0 N–H and O–H groups in total. The summed E-state index contributed by atoms with van der Waals surface area (Å²) in [5.74, 6) is 8.08. The second-order valence-electron chi connectivity index (χ2n) is 3.35. The third kappa shape index (κ3) is 2.06. The fourth-order valence-corrected chi connectivity index (χ4v) is 1.54. The molecule has 1 rings (SSSR count). The van der Waals surface area contributed by atoms with Crippen LogP contribution in [0.25, 0.3) is 0 Å². The minimum absolute atomic E-state index is 0.716. The summed E-state index contributed by atoms with van der Waals surface area (Å²) >= 11 is 0. The van der Waals surface area contributed by atoms with E-state index in [0.717, 1.165) is 12.3 Å². The van der Waals surface area contributed by atoms with Gasteiger partial charge in [0.15, 0.2) is 0 Å². The highest BCUT2D eigenvalue weighted by atomic mass is 14.2. The molecule has 0 amide bonds. The van der Waals surface area contributed by atoms with Gasteiger partial charge in [-0.15, -0.1) is 5.92 Å². The number of hydrogen-bond donors (Lipinski definition) is 0. The van der Waals surface area contributed by atoms with Crippen molar-refractivity contribution in [2.75, 3.05) is 0 Å². The van der Waals surface area contributed by atoms with Crippen LogP contribution in [0.5, 0.6) is 0 Å². The molecule has 0 radical (unpaired) electrons. The lowest BCUT2D eigenvalue weighted by molar-refractivity contribution is 0.427. The molecule has 0 aromatic carbocycles. The maximum Gasteiger partial charge on any atom is 0.0205 e. The van der Waals surface area contributed by atoms with Crippen LogP contribution in [0.15, 0.2) is 0 Å². The average molecular weight is 136 g/mol. The van der Waals surface area contributed by atoms with Crippen LogP contribution in [0.1, 0.15) is 39.5 Å². The summed E-state index contributed by atoms with van der Waals surface area (Å²) < 4.78 is 0. The van der Waals surface area contributed by atoms with Gasteiger partial charge in [-0.1, -0.05) is 26.2 Å². The van der Waals surface area contributed by atoms with E-state index in [2.05, 4.69) is 25.7 Å². The van der Waals surface area contributed by atoms with Crippen molar-refractivity contribution in [1.82, 2.24) is 0 Å². The first-order chi connectivity index (χ1) is 4.83. The van der Waals surface area contributed by atoms with Crippen LogP contribution < -0.4 is 0 Å². The van der Waals surface area contributed by atoms with Crippen molar-refractivity contribution in [2.45, 2.75) is 39.5 Å². The van der Waals surface area contributed by atoms with Crippen LogP contribution >= 0.6 is 0 Å². The van der Waals surface area contributed by atoms with E-state index in [1.807, 2.05) is 0 Å². The van der Waals surface area contributed by atoms with Gasteiger partial charge in [-0.3, -0.25) is 0 Å². The van der Waals surface area contributed by atoms with Crippen molar-refractivity contribution in [2.24, 2.45) is 11.8 Å². The second-order valence-corrected chi connectivity index (χ2v) is 3.35. The molecule has 0 heterocycles. The molecule has 0 aliphatic heterocycles. The number of hydrogen-bond acceptors (Lipinski definition) is 0. The van der Waals surface area contributed by atoms with Crippen LogP contribution in [-0.2, 0) is 0 Å². The van der Waals surface area contributed by atoms with Crippen molar-refractivity contribution in [3.05, 3.63) is 0 Å². The van der Waals surface area contributed by atoms with Crippen molar-refractivity contribution in [3.8, 4) is 11.8 Å². The molecule has 2 atom stereocenters. The Morgan fingerprint density at radius 2 is 2.30 bits per heavy atom. The molecule has 56 valence electrons. The quantitative estimate of drug-likeness (QED) is 0.512. The lowest BCUT2D eigenvalue weighted by atomic mass is 9.87. The first-order valence-electron chi connectivity index (χ1n) is 4.31. The Morgan fingerprint density at radius 1 is 1.50 bits per heavy atom. The normalized spacial score (nSPS) is 31.0. The molecule has 0 aromatic rings. The molecule has 1 aliphatic rings. The summed E-state index contributed by atoms with van der Waals surface area (Å²) in [4.78, 5) is 0. The average Bonchev–Trinajstić information content (AvgIpc) is 1.88. The zero-order valence-corrected chi connectivity index (χ0v) is 6.98. The molecule has 10 heavy (non-hydrogen) atoms. The van der Waals surface area contributed by atoms with E-state index >= 15 is 0 Å². The van der Waals surface area contributed by atoms with Crippen molar-refractivity contribution in [1.29, 1.82) is 0 Å². The third-order valence-corrected chi connectivity index (χ3v) is 2.08. The first kappa shape index (κ1) is 7.66. The highest BCUT2D eigenvalue weighted by molar-refractivity contribution is 5.08. The Balaban J connectivity index is 2.37. The number of rotatable bonds is 2. The molecule has 0 bridgehead atoms. The van der Waals surface area contributed by atoms with Gasteiger partial charge >= 0.3 is 0 Å². The molecule has 0 heteroatoms. The van der Waals surface area contributed by atoms with Crippen LogP contribution in [0.2, 0.25) is 0 Å². The Kier molecular flexibility index (Phi) is 2.81. The summed E-state index contributed by atoms with van der Waals surface area (Å²) in [5.41, 5.74) is 0. The SMILES string of the molecule is CCCC1C#CCC(C)C1. The minimum Gasteiger partial charge on any atom is -0.103 e. The van der Waals surface area contributed by atoms with Gasteiger partial charge in [0.1, 0.15) is 0 Å². The van der Waals surface area contributed by atoms with Gasteiger partial charge in [0, 0.05) is 12.3 Å². The van der Waals surface area contributed by atoms with Gasteiger partial charge in [0.2, 0.25) is 0 Å². The lowest BCUT2D eigenvalue weighted by Gasteiger charge is -2.17. The molecule has 0 saturated heterocycles. The summed E-state index contributed by atoms with van der Waals surface area (Å²) in [6, 6.07) is 0. The molecule has 0 saturated carbocycles. The molecule has 0 nitrogen and oxygen atoms in total. The van der Waals surface area contributed by atoms with Gasteiger partial charge in [-0.2, -0.15) is 0 Å². The van der Waals surface area contributed by atoms with Crippen molar-refractivity contribution >= 4 is 0 Å². The molecule has 0 fully saturated rings. The van der Waals surface area contributed by atoms with E-state index in [-0.39, 0.29) is 0 Å². The van der Waals surface area contributed by atoms with Gasteiger partial charge in [0.05, 0.1) is 0 Å². The fourth-order valence-electron chi connectivity index (χ4n) is 1.54. The topological polar surface area (TPSA) is 0 Å². The first-order valence-corrected chi connectivity index (χ1v) is 4.31. The van der Waals surface area contributed by atoms with E-state index in [1.165, 1.54) is 19.3 Å². The molecule has 2 unspecified atom stereocenters. The standard InChI is InChI=1S/C10H16/c1-3-5-10-7-4-6-9(2)8-10/h9-10H,3,5-6,8H2,1-2H3. The molecule has 0 aromatic heterocycles. The summed E-state index contributed by atoms with van der Waals surface area (Å²) in [6.45, 7) is 4.54. The molecular weight excluding hydrogens is 120 g/mol. The van der Waals surface area contributed by atoms with Crippen molar-refractivity contribution < 1.29 is 0 Å². The third-order valence-electron chi connectivity index (χ3n) is 2.08. The van der Waals surface area contributed by atoms with E-state index in [9.17, 15) is 0 Å². The summed E-state index contributed by atoms with van der Waals surface area (Å²) in [6.07, 6.45) is 5.05. The van der Waals surface area contributed by atoms with E-state index < -0.39 is 0 Å². The Labute approximate surface area is 64.0 Å². The predicted octanol–water partition coefficient (Wildman–Crippen LogP) is 2.84. The van der Waals surface area contributed by atoms with Crippen LogP contribution in [0, 0.1) is 23.7 Å². The van der Waals surface area contributed by atoms with Crippen LogP contribution in [0.4, 0.5) is 0 Å².